The van der Waals surface area contributed by atoms with E-state index in [1.807, 2.05) is 25.9 Å². The van der Waals surface area contributed by atoms with E-state index >= 15 is 0 Å². The third-order valence-corrected chi connectivity index (χ3v) is 3.56. The summed E-state index contributed by atoms with van der Waals surface area (Å²) in [6.45, 7) is 3.24. The molecule has 0 saturated carbocycles. The van der Waals surface area contributed by atoms with Crippen molar-refractivity contribution in [1.82, 2.24) is 9.80 Å². The van der Waals surface area contributed by atoms with E-state index in [-0.39, 0.29) is 18.5 Å². The number of amides is 1. The highest BCUT2D eigenvalue weighted by atomic mass is 19.4. The topological polar surface area (TPSA) is 49.6 Å². The first-order chi connectivity index (χ1) is 7.98. The number of carbonyl (C=O) groups is 1. The van der Waals surface area contributed by atoms with Gasteiger partial charge in [-0.1, -0.05) is 6.92 Å². The summed E-state index contributed by atoms with van der Waals surface area (Å²) < 4.78 is 38.1. The number of carbonyl (C=O) groups excluding carboxylic acids is 1. The molecule has 1 heterocycles. The summed E-state index contributed by atoms with van der Waals surface area (Å²) in [5.41, 5.74) is 2.34. The minimum Gasteiger partial charge on any atom is -0.339 e. The lowest BCUT2D eigenvalue weighted by Gasteiger charge is -2.31. The molecule has 1 fully saturated rings. The molecule has 0 bridgehead atoms. The maximum Gasteiger partial charge on any atom is 0.415 e. The van der Waals surface area contributed by atoms with Gasteiger partial charge in [-0.05, 0) is 26.9 Å². The zero-order valence-corrected chi connectivity index (χ0v) is 11.1. The molecule has 18 heavy (non-hydrogen) atoms. The molecule has 0 radical (unpaired) electrons. The van der Waals surface area contributed by atoms with Gasteiger partial charge in [0, 0.05) is 19.1 Å². The largest absolute Gasteiger partial charge is 0.415 e. The van der Waals surface area contributed by atoms with Crippen molar-refractivity contribution in [2.45, 2.75) is 31.6 Å². The van der Waals surface area contributed by atoms with Gasteiger partial charge < -0.3 is 15.5 Å². The van der Waals surface area contributed by atoms with E-state index in [2.05, 4.69) is 0 Å². The Morgan fingerprint density at radius 3 is 2.17 bits per heavy atom. The SMILES string of the molecule is CC1CN(C(=O)C(C)(N)C(F)(F)F)CC1N(C)C. The lowest BCUT2D eigenvalue weighted by Crippen LogP contribution is -2.62. The first kappa shape index (κ1) is 15.2. The zero-order valence-electron chi connectivity index (χ0n) is 11.1. The molecule has 1 rings (SSSR count). The maximum atomic E-state index is 12.7. The molecule has 0 aromatic heterocycles. The molecule has 1 saturated heterocycles. The van der Waals surface area contributed by atoms with Gasteiger partial charge in [-0.25, -0.2) is 0 Å². The van der Waals surface area contributed by atoms with Crippen LogP contribution >= 0.6 is 0 Å². The molecule has 7 heteroatoms. The molecule has 4 nitrogen and oxygen atoms in total. The molecule has 3 atom stereocenters. The van der Waals surface area contributed by atoms with Gasteiger partial charge in [0.1, 0.15) is 0 Å². The molecule has 2 N–H and O–H groups in total. The molecule has 3 unspecified atom stereocenters. The van der Waals surface area contributed by atoms with Crippen molar-refractivity contribution in [3.05, 3.63) is 0 Å². The van der Waals surface area contributed by atoms with Crippen LogP contribution in [0.5, 0.6) is 0 Å². The van der Waals surface area contributed by atoms with Crippen molar-refractivity contribution < 1.29 is 18.0 Å². The highest BCUT2D eigenvalue weighted by Crippen LogP contribution is 2.31. The van der Waals surface area contributed by atoms with Crippen LogP contribution in [0, 0.1) is 5.92 Å². The van der Waals surface area contributed by atoms with E-state index in [1.165, 1.54) is 4.90 Å². The number of likely N-dealkylation sites (N-methyl/N-ethyl adjacent to an activating group) is 1. The van der Waals surface area contributed by atoms with Crippen LogP contribution in [0.3, 0.4) is 0 Å². The van der Waals surface area contributed by atoms with Crippen molar-refractivity contribution in [3.8, 4) is 0 Å². The summed E-state index contributed by atoms with van der Waals surface area (Å²) in [7, 11) is 3.70. The molecule has 0 aromatic rings. The van der Waals surface area contributed by atoms with Crippen LogP contribution in [0.25, 0.3) is 0 Å². The number of alkyl halides is 3. The van der Waals surface area contributed by atoms with E-state index in [1.54, 1.807) is 0 Å². The van der Waals surface area contributed by atoms with E-state index in [9.17, 15) is 18.0 Å². The second-order valence-electron chi connectivity index (χ2n) is 5.42. The third-order valence-electron chi connectivity index (χ3n) is 3.56. The lowest BCUT2D eigenvalue weighted by molar-refractivity contribution is -0.193. The molecule has 0 aromatic carbocycles. The van der Waals surface area contributed by atoms with Crippen LogP contribution < -0.4 is 5.73 Å². The molecule has 1 aliphatic rings. The summed E-state index contributed by atoms with van der Waals surface area (Å²) in [4.78, 5) is 15.0. The van der Waals surface area contributed by atoms with Crippen LogP contribution in [-0.4, -0.2) is 60.6 Å². The van der Waals surface area contributed by atoms with Crippen molar-refractivity contribution >= 4 is 5.91 Å². The number of likely N-dealkylation sites (tertiary alicyclic amines) is 1. The number of hydrogen-bond donors (Lipinski definition) is 1. The normalized spacial score (nSPS) is 28.6. The van der Waals surface area contributed by atoms with Crippen molar-refractivity contribution in [2.75, 3.05) is 27.2 Å². The summed E-state index contributed by atoms with van der Waals surface area (Å²) in [6, 6.07) is 0.0676. The average Bonchev–Trinajstić information content (AvgIpc) is 2.57. The van der Waals surface area contributed by atoms with Crippen LogP contribution in [0.1, 0.15) is 13.8 Å². The number of nitrogens with zero attached hydrogens (tertiary/aromatic N) is 2. The minimum absolute atomic E-state index is 0.0676. The highest BCUT2D eigenvalue weighted by Gasteiger charge is 2.56. The molecular weight excluding hydrogens is 247 g/mol. The summed E-state index contributed by atoms with van der Waals surface area (Å²) in [5, 5.41) is 0. The fourth-order valence-electron chi connectivity index (χ4n) is 2.24. The second-order valence-corrected chi connectivity index (χ2v) is 5.42. The van der Waals surface area contributed by atoms with Gasteiger partial charge in [0.15, 0.2) is 5.54 Å². The van der Waals surface area contributed by atoms with Gasteiger partial charge in [-0.3, -0.25) is 4.79 Å². The zero-order chi connectivity index (χ0) is 14.3. The minimum atomic E-state index is -4.73. The Morgan fingerprint density at radius 2 is 1.83 bits per heavy atom. The standard InChI is InChI=1S/C11H20F3N3O/c1-7-5-17(6-8(7)16(3)4)9(18)10(2,15)11(12,13)14/h7-8H,5-6,15H2,1-4H3. The molecule has 1 aliphatic heterocycles. The highest BCUT2D eigenvalue weighted by molar-refractivity contribution is 5.87. The first-order valence-electron chi connectivity index (χ1n) is 5.80. The predicted molar refractivity (Wildman–Crippen MR) is 61.9 cm³/mol. The smallest absolute Gasteiger partial charge is 0.339 e. The number of nitrogens with two attached hydrogens (primary N) is 1. The number of hydrogen-bond acceptors (Lipinski definition) is 3. The summed E-state index contributed by atoms with van der Waals surface area (Å²) in [5.74, 6) is -0.917. The summed E-state index contributed by atoms with van der Waals surface area (Å²) in [6.07, 6.45) is -4.73. The van der Waals surface area contributed by atoms with Gasteiger partial charge in [-0.15, -0.1) is 0 Å². The Balaban J connectivity index is 2.82. The Labute approximate surface area is 105 Å². The van der Waals surface area contributed by atoms with Crippen LogP contribution in [-0.2, 0) is 4.79 Å². The Morgan fingerprint density at radius 1 is 1.33 bits per heavy atom. The molecular formula is C11H20F3N3O. The monoisotopic (exact) mass is 267 g/mol. The van der Waals surface area contributed by atoms with Crippen molar-refractivity contribution in [1.29, 1.82) is 0 Å². The Bertz CT molecular complexity index is 328. The average molecular weight is 267 g/mol. The summed E-state index contributed by atoms with van der Waals surface area (Å²) >= 11 is 0. The van der Waals surface area contributed by atoms with E-state index in [0.717, 1.165) is 6.92 Å². The van der Waals surface area contributed by atoms with Gasteiger partial charge in [-0.2, -0.15) is 13.2 Å². The Kier molecular flexibility index (Phi) is 3.97. The fourth-order valence-corrected chi connectivity index (χ4v) is 2.24. The van der Waals surface area contributed by atoms with E-state index in [0.29, 0.717) is 6.54 Å². The van der Waals surface area contributed by atoms with Crippen LogP contribution in [0.4, 0.5) is 13.2 Å². The van der Waals surface area contributed by atoms with Crippen molar-refractivity contribution in [2.24, 2.45) is 11.7 Å². The quantitative estimate of drug-likeness (QED) is 0.800. The maximum absolute atomic E-state index is 12.7. The van der Waals surface area contributed by atoms with Crippen LogP contribution in [0.2, 0.25) is 0 Å². The number of halogens is 3. The van der Waals surface area contributed by atoms with Gasteiger partial charge >= 0.3 is 6.18 Å². The predicted octanol–water partition coefficient (Wildman–Crippen LogP) is 0.675. The molecule has 0 aliphatic carbocycles. The van der Waals surface area contributed by atoms with E-state index in [4.69, 9.17) is 5.73 Å². The van der Waals surface area contributed by atoms with Gasteiger partial charge in [0.25, 0.3) is 5.91 Å². The third kappa shape index (κ3) is 2.61. The second kappa shape index (κ2) is 4.70. The van der Waals surface area contributed by atoms with Gasteiger partial charge in [0.2, 0.25) is 0 Å². The molecule has 106 valence electrons. The van der Waals surface area contributed by atoms with Crippen molar-refractivity contribution in [3.63, 3.8) is 0 Å². The molecule has 0 spiro atoms. The molecule has 1 amide bonds. The fraction of sp³-hybridized carbons (Fsp3) is 0.909. The number of rotatable bonds is 2. The van der Waals surface area contributed by atoms with Crippen LogP contribution in [0.15, 0.2) is 0 Å². The van der Waals surface area contributed by atoms with E-state index < -0.39 is 17.6 Å². The van der Waals surface area contributed by atoms with Gasteiger partial charge in [0.05, 0.1) is 0 Å². The lowest BCUT2D eigenvalue weighted by atomic mass is 10.0. The Hall–Kier alpha value is -0.820. The first-order valence-corrected chi connectivity index (χ1v) is 5.80.